The fourth-order valence-corrected chi connectivity index (χ4v) is 10.2. The fraction of sp³-hybridized carbons (Fsp3) is 0.0282. The number of hydrogen-bond donors (Lipinski definition) is 0. The molecule has 4 heterocycles. The van der Waals surface area contributed by atoms with E-state index in [4.69, 9.17) is 29.7 Å². The van der Waals surface area contributed by atoms with E-state index < -0.39 is 0 Å². The van der Waals surface area contributed by atoms with Gasteiger partial charge < -0.3 is 14.7 Å². The van der Waals surface area contributed by atoms with Crippen molar-refractivity contribution in [3.8, 4) is 112 Å². The van der Waals surface area contributed by atoms with Gasteiger partial charge in [0.05, 0.1) is 11.3 Å². The van der Waals surface area contributed by atoms with Crippen molar-refractivity contribution < 1.29 is 24.8 Å². The first-order chi connectivity index (χ1) is 37.9. The predicted octanol–water partition coefficient (Wildman–Crippen LogP) is 17.8. The zero-order valence-electron chi connectivity index (χ0n) is 42.6. The van der Waals surface area contributed by atoms with Crippen LogP contribution in [0.1, 0.15) is 11.1 Å². The number of ether oxygens (including phenoxy) is 1. The Morgan fingerprint density at radius 3 is 1.33 bits per heavy atom. The Hall–Kier alpha value is -9.52. The van der Waals surface area contributed by atoms with Gasteiger partial charge in [0, 0.05) is 52.9 Å². The van der Waals surface area contributed by atoms with E-state index in [9.17, 15) is 0 Å². The normalized spacial score (nSPS) is 11.1. The van der Waals surface area contributed by atoms with Crippen molar-refractivity contribution in [3.05, 3.63) is 273 Å². The van der Waals surface area contributed by atoms with Crippen LogP contribution in [-0.4, -0.2) is 24.9 Å². The quantitative estimate of drug-likeness (QED) is 0.0949. The fourth-order valence-electron chi connectivity index (χ4n) is 10.2. The van der Waals surface area contributed by atoms with E-state index in [1.54, 1.807) is 0 Å². The number of fused-ring (bicyclic) bond motifs is 3. The minimum Gasteiger partial charge on any atom is -0.459 e. The van der Waals surface area contributed by atoms with Gasteiger partial charge in [-0.2, -0.15) is 0 Å². The molecule has 0 aliphatic heterocycles. The van der Waals surface area contributed by atoms with Crippen LogP contribution in [-0.2, 0) is 20.1 Å². The number of rotatable bonds is 11. The number of nitrogens with zero attached hydrogens (tertiary/aromatic N) is 5. The average Bonchev–Trinajstić information content (AvgIpc) is 3.57. The SMILES string of the molecule is Cc1cc[c-]c(-c2ccc(-c3ccccc3-c3cc(-c4ccccc4-c4ccc(-c5[c-]ccc(C)c5)nc4)cc(-c4ccccc4-c4cnc(-c5[c-]ccc(Oc6ccc7ccc8ccccc8c7n6)c5)nc4)c3)cn2)c1.[Ir+3]. The summed E-state index contributed by atoms with van der Waals surface area (Å²) in [5.41, 5.74) is 20.1. The zero-order chi connectivity index (χ0) is 51.7. The predicted molar refractivity (Wildman–Crippen MR) is 312 cm³/mol. The number of hydrogen-bond acceptors (Lipinski definition) is 6. The maximum atomic E-state index is 6.36. The summed E-state index contributed by atoms with van der Waals surface area (Å²) in [4.78, 5) is 24.7. The summed E-state index contributed by atoms with van der Waals surface area (Å²) in [5.74, 6) is 1.65. The van der Waals surface area contributed by atoms with E-state index in [0.29, 0.717) is 23.0 Å². The molecule has 0 atom stereocenters. The summed E-state index contributed by atoms with van der Waals surface area (Å²) in [6.45, 7) is 4.18. The molecule has 0 saturated carbocycles. The van der Waals surface area contributed by atoms with Gasteiger partial charge in [0.15, 0.2) is 0 Å². The minimum atomic E-state index is 0. The van der Waals surface area contributed by atoms with Crippen molar-refractivity contribution in [2.45, 2.75) is 13.8 Å². The molecule has 78 heavy (non-hydrogen) atoms. The number of benzene rings is 9. The van der Waals surface area contributed by atoms with Crippen LogP contribution in [0.2, 0.25) is 0 Å². The molecule has 0 spiro atoms. The van der Waals surface area contributed by atoms with Crippen molar-refractivity contribution in [3.63, 3.8) is 0 Å². The third-order valence-electron chi connectivity index (χ3n) is 14.0. The Balaban J connectivity index is 0.00000609. The third-order valence-corrected chi connectivity index (χ3v) is 14.0. The van der Waals surface area contributed by atoms with Gasteiger partial charge in [-0.3, -0.25) is 9.97 Å². The van der Waals surface area contributed by atoms with Crippen molar-refractivity contribution in [2.24, 2.45) is 0 Å². The number of aromatic nitrogens is 5. The summed E-state index contributed by atoms with van der Waals surface area (Å²) in [7, 11) is 0. The molecule has 0 bridgehead atoms. The smallest absolute Gasteiger partial charge is 0.459 e. The molecule has 6 nitrogen and oxygen atoms in total. The van der Waals surface area contributed by atoms with E-state index >= 15 is 0 Å². The summed E-state index contributed by atoms with van der Waals surface area (Å²) in [5, 5.41) is 3.27. The molecule has 0 radical (unpaired) electrons. The molecule has 370 valence electrons. The molecule has 9 aromatic carbocycles. The second kappa shape index (κ2) is 21.6. The standard InChI is InChI=1S/C71H46N5O.Ir/c1-46-14-11-17-50(36-46)67-33-30-53(42-72-67)60-21-5-7-23-62(60)55-38-56(63-24-8-6-22-61(63)54-31-34-68(73-43-54)51-18-12-15-47(2)37-51)40-57(39-55)64-25-9-10-26-65(64)58-44-74-71(75-45-58)52-19-13-20-59(41-52)77-69-35-32-49-29-28-48-16-3-4-27-66(48)70(49)76-69;/h3-16,20-45H,1-2H3;/q-3;+3. The van der Waals surface area contributed by atoms with Crippen molar-refractivity contribution >= 4 is 21.7 Å². The van der Waals surface area contributed by atoms with Crippen LogP contribution in [0, 0.1) is 32.0 Å². The number of aryl methyl sites for hydroxylation is 2. The summed E-state index contributed by atoms with van der Waals surface area (Å²) in [6, 6.07) is 85.3. The molecule has 0 saturated heterocycles. The van der Waals surface area contributed by atoms with Crippen molar-refractivity contribution in [2.75, 3.05) is 0 Å². The maximum Gasteiger partial charge on any atom is 3.00 e. The van der Waals surface area contributed by atoms with Crippen LogP contribution in [0.3, 0.4) is 0 Å². The molecular weight excluding hydrogens is 1130 g/mol. The molecular formula is C71H46IrN5O. The van der Waals surface area contributed by atoms with Crippen LogP contribution in [0.25, 0.3) is 122 Å². The Kier molecular flexibility index (Phi) is 13.7. The molecule has 0 N–H and O–H groups in total. The van der Waals surface area contributed by atoms with Crippen LogP contribution in [0.15, 0.2) is 243 Å². The average molecular weight is 1180 g/mol. The number of pyridine rings is 3. The molecule has 13 aromatic rings. The molecule has 0 unspecified atom stereocenters. The molecule has 0 amide bonds. The van der Waals surface area contributed by atoms with Crippen LogP contribution < -0.4 is 4.74 Å². The Bertz CT molecular complexity index is 4180. The Labute approximate surface area is 467 Å². The van der Waals surface area contributed by atoms with Gasteiger partial charge in [-0.1, -0.05) is 153 Å². The van der Waals surface area contributed by atoms with E-state index in [-0.39, 0.29) is 20.1 Å². The molecule has 7 heteroatoms. The second-order valence-electron chi connectivity index (χ2n) is 19.2. The molecule has 13 rings (SSSR count). The third kappa shape index (κ3) is 10.0. The Morgan fingerprint density at radius 2 is 0.808 bits per heavy atom. The first-order valence-electron chi connectivity index (χ1n) is 25.6. The van der Waals surface area contributed by atoms with E-state index in [1.807, 2.05) is 79.4 Å². The van der Waals surface area contributed by atoms with Gasteiger partial charge in [-0.25, -0.2) is 4.98 Å². The molecule has 0 aliphatic rings. The van der Waals surface area contributed by atoms with Gasteiger partial charge in [-0.05, 0) is 102 Å². The first-order valence-corrected chi connectivity index (χ1v) is 25.6. The zero-order valence-corrected chi connectivity index (χ0v) is 45.0. The molecule has 4 aromatic heterocycles. The largest absolute Gasteiger partial charge is 3.00 e. The van der Waals surface area contributed by atoms with Crippen LogP contribution in [0.4, 0.5) is 0 Å². The van der Waals surface area contributed by atoms with E-state index in [2.05, 4.69) is 196 Å². The van der Waals surface area contributed by atoms with E-state index in [0.717, 1.165) is 111 Å². The van der Waals surface area contributed by atoms with Crippen LogP contribution >= 0.6 is 0 Å². The maximum absolute atomic E-state index is 6.36. The second-order valence-corrected chi connectivity index (χ2v) is 19.2. The van der Waals surface area contributed by atoms with Gasteiger partial charge in [0.2, 0.25) is 5.88 Å². The van der Waals surface area contributed by atoms with Gasteiger partial charge in [0.25, 0.3) is 0 Å². The molecule has 0 aliphatic carbocycles. The topological polar surface area (TPSA) is 73.7 Å². The Morgan fingerprint density at radius 1 is 0.359 bits per heavy atom. The first kappa shape index (κ1) is 49.4. The van der Waals surface area contributed by atoms with Gasteiger partial charge in [0.1, 0.15) is 0 Å². The van der Waals surface area contributed by atoms with Gasteiger partial charge >= 0.3 is 20.1 Å². The van der Waals surface area contributed by atoms with Crippen molar-refractivity contribution in [1.29, 1.82) is 0 Å². The van der Waals surface area contributed by atoms with E-state index in [1.165, 1.54) is 11.1 Å². The monoisotopic (exact) mass is 1180 g/mol. The summed E-state index contributed by atoms with van der Waals surface area (Å²) in [6.07, 6.45) is 7.73. The summed E-state index contributed by atoms with van der Waals surface area (Å²) < 4.78 is 6.36. The van der Waals surface area contributed by atoms with Crippen molar-refractivity contribution in [1.82, 2.24) is 24.9 Å². The molecule has 0 fully saturated rings. The van der Waals surface area contributed by atoms with Gasteiger partial charge in [-0.15, -0.1) is 94.5 Å². The van der Waals surface area contributed by atoms with Crippen LogP contribution in [0.5, 0.6) is 11.6 Å². The minimum absolute atomic E-state index is 0. The summed E-state index contributed by atoms with van der Waals surface area (Å²) >= 11 is 0.